The summed E-state index contributed by atoms with van der Waals surface area (Å²) in [6.45, 7) is 2.37. The van der Waals surface area contributed by atoms with Crippen LogP contribution in [0.4, 0.5) is 13.2 Å². The Bertz CT molecular complexity index is 435. The average Bonchev–Trinajstić information content (AvgIpc) is 2.15. The van der Waals surface area contributed by atoms with Crippen LogP contribution in [0.2, 0.25) is 0 Å². The van der Waals surface area contributed by atoms with Gasteiger partial charge in [-0.15, -0.1) is 0 Å². The van der Waals surface area contributed by atoms with Crippen molar-refractivity contribution in [2.75, 3.05) is 0 Å². The summed E-state index contributed by atoms with van der Waals surface area (Å²) in [7, 11) is 0. The zero-order valence-corrected chi connectivity index (χ0v) is 9.34. The van der Waals surface area contributed by atoms with E-state index in [0.29, 0.717) is 0 Å². The molecule has 0 saturated carbocycles. The minimum absolute atomic E-state index is 0.0832. The van der Waals surface area contributed by atoms with E-state index in [9.17, 15) is 22.8 Å². The maximum Gasteiger partial charge on any atom is 0.416 e. The first-order valence-electron chi connectivity index (χ1n) is 4.91. The molecule has 1 aromatic rings. The second-order valence-corrected chi connectivity index (χ2v) is 3.78. The van der Waals surface area contributed by atoms with E-state index in [0.717, 1.165) is 12.1 Å². The lowest BCUT2D eigenvalue weighted by atomic mass is 9.91. The number of alkyl halides is 3. The lowest BCUT2D eigenvalue weighted by molar-refractivity contribution is -0.138. The van der Waals surface area contributed by atoms with E-state index in [1.165, 1.54) is 26.0 Å². The van der Waals surface area contributed by atoms with Crippen molar-refractivity contribution in [3.05, 3.63) is 35.4 Å². The van der Waals surface area contributed by atoms with Crippen molar-refractivity contribution >= 4 is 11.6 Å². The Balaban J connectivity index is 3.23. The minimum Gasteiger partial charge on any atom is -0.299 e. The van der Waals surface area contributed by atoms with Gasteiger partial charge in [0.2, 0.25) is 0 Å². The van der Waals surface area contributed by atoms with Gasteiger partial charge in [0.05, 0.1) is 5.56 Å². The Labute approximate surface area is 96.4 Å². The van der Waals surface area contributed by atoms with Gasteiger partial charge < -0.3 is 0 Å². The van der Waals surface area contributed by atoms with Crippen LogP contribution in [0.5, 0.6) is 0 Å². The number of hydrogen-bond donors (Lipinski definition) is 0. The molecule has 0 fully saturated rings. The third-order valence-electron chi connectivity index (χ3n) is 2.36. The van der Waals surface area contributed by atoms with Gasteiger partial charge in [-0.3, -0.25) is 9.59 Å². The van der Waals surface area contributed by atoms with Gasteiger partial charge in [-0.05, 0) is 25.5 Å². The van der Waals surface area contributed by atoms with E-state index in [4.69, 9.17) is 0 Å². The van der Waals surface area contributed by atoms with Crippen molar-refractivity contribution in [2.24, 2.45) is 0 Å². The standard InChI is InChI=1S/C12H11F3O2/c1-7(16)11(8(2)17)9-4-3-5-10(6-9)12(13,14)15/h3-6,11H,1-2H3. The fourth-order valence-corrected chi connectivity index (χ4v) is 1.65. The summed E-state index contributed by atoms with van der Waals surface area (Å²) in [5.74, 6) is -2.04. The van der Waals surface area contributed by atoms with E-state index in [-0.39, 0.29) is 5.56 Å². The fourth-order valence-electron chi connectivity index (χ4n) is 1.65. The van der Waals surface area contributed by atoms with Crippen LogP contribution in [0.3, 0.4) is 0 Å². The molecule has 0 N–H and O–H groups in total. The predicted molar refractivity (Wildman–Crippen MR) is 55.5 cm³/mol. The molecule has 0 unspecified atom stereocenters. The maximum absolute atomic E-state index is 12.5. The van der Waals surface area contributed by atoms with Gasteiger partial charge in [-0.25, -0.2) is 0 Å². The maximum atomic E-state index is 12.5. The molecular formula is C12H11F3O2. The van der Waals surface area contributed by atoms with Crippen LogP contribution in [0.1, 0.15) is 30.9 Å². The zero-order valence-electron chi connectivity index (χ0n) is 9.34. The molecule has 92 valence electrons. The van der Waals surface area contributed by atoms with Gasteiger partial charge in [-0.1, -0.05) is 18.2 Å². The minimum atomic E-state index is -4.48. The number of rotatable bonds is 3. The molecular weight excluding hydrogens is 233 g/mol. The first kappa shape index (κ1) is 13.4. The van der Waals surface area contributed by atoms with Crippen molar-refractivity contribution in [1.29, 1.82) is 0 Å². The monoisotopic (exact) mass is 244 g/mol. The molecule has 0 radical (unpaired) electrons. The van der Waals surface area contributed by atoms with E-state index in [1.807, 2.05) is 0 Å². The highest BCUT2D eigenvalue weighted by Crippen LogP contribution is 2.31. The van der Waals surface area contributed by atoms with Gasteiger partial charge in [0.15, 0.2) is 0 Å². The normalized spacial score (nSPS) is 11.6. The van der Waals surface area contributed by atoms with Crippen LogP contribution in [0.25, 0.3) is 0 Å². The Morgan fingerprint density at radius 1 is 1.12 bits per heavy atom. The molecule has 1 aromatic carbocycles. The Morgan fingerprint density at radius 3 is 2.06 bits per heavy atom. The zero-order chi connectivity index (χ0) is 13.2. The van der Waals surface area contributed by atoms with Crippen LogP contribution >= 0.6 is 0 Å². The predicted octanol–water partition coefficient (Wildman–Crippen LogP) is 2.97. The van der Waals surface area contributed by atoms with Crippen LogP contribution in [0.15, 0.2) is 24.3 Å². The summed E-state index contributed by atoms with van der Waals surface area (Å²) in [6.07, 6.45) is -4.48. The molecule has 2 nitrogen and oxygen atoms in total. The molecule has 17 heavy (non-hydrogen) atoms. The van der Waals surface area contributed by atoms with E-state index in [1.54, 1.807) is 0 Å². The second kappa shape index (κ2) is 4.69. The Morgan fingerprint density at radius 2 is 1.65 bits per heavy atom. The Hall–Kier alpha value is -1.65. The molecule has 0 aliphatic heterocycles. The van der Waals surface area contributed by atoms with Crippen molar-refractivity contribution in [1.82, 2.24) is 0 Å². The van der Waals surface area contributed by atoms with E-state index >= 15 is 0 Å². The summed E-state index contributed by atoms with van der Waals surface area (Å²) in [6, 6.07) is 4.29. The summed E-state index contributed by atoms with van der Waals surface area (Å²) >= 11 is 0. The molecule has 0 aromatic heterocycles. The Kier molecular flexibility index (Phi) is 3.70. The highest BCUT2D eigenvalue weighted by molar-refractivity contribution is 6.05. The third kappa shape index (κ3) is 3.15. The SMILES string of the molecule is CC(=O)C(C(C)=O)c1cccc(C(F)(F)F)c1. The van der Waals surface area contributed by atoms with Gasteiger partial charge in [-0.2, -0.15) is 13.2 Å². The number of hydrogen-bond acceptors (Lipinski definition) is 2. The van der Waals surface area contributed by atoms with Crippen molar-refractivity contribution in [2.45, 2.75) is 25.9 Å². The van der Waals surface area contributed by atoms with Crippen molar-refractivity contribution in [3.8, 4) is 0 Å². The van der Waals surface area contributed by atoms with Crippen molar-refractivity contribution in [3.63, 3.8) is 0 Å². The quantitative estimate of drug-likeness (QED) is 0.766. The summed E-state index contributed by atoms with van der Waals surface area (Å²) in [5.41, 5.74) is -0.776. The number of carbonyl (C=O) groups excluding carboxylic acids is 2. The first-order chi connectivity index (χ1) is 7.73. The van der Waals surface area contributed by atoms with Crippen LogP contribution < -0.4 is 0 Å². The highest BCUT2D eigenvalue weighted by atomic mass is 19.4. The molecule has 0 bridgehead atoms. The molecule has 0 atom stereocenters. The number of carbonyl (C=O) groups is 2. The average molecular weight is 244 g/mol. The largest absolute Gasteiger partial charge is 0.416 e. The third-order valence-corrected chi connectivity index (χ3v) is 2.36. The lowest BCUT2D eigenvalue weighted by Gasteiger charge is -2.13. The number of ketones is 2. The molecule has 5 heteroatoms. The van der Waals surface area contributed by atoms with Crippen LogP contribution in [0, 0.1) is 0 Å². The van der Waals surface area contributed by atoms with Crippen LogP contribution in [-0.4, -0.2) is 11.6 Å². The fraction of sp³-hybridized carbons (Fsp3) is 0.333. The molecule has 0 spiro atoms. The topological polar surface area (TPSA) is 34.1 Å². The van der Waals surface area contributed by atoms with Gasteiger partial charge in [0.1, 0.15) is 17.5 Å². The molecule has 0 heterocycles. The van der Waals surface area contributed by atoms with Crippen molar-refractivity contribution < 1.29 is 22.8 Å². The van der Waals surface area contributed by atoms with E-state index in [2.05, 4.69) is 0 Å². The number of benzene rings is 1. The van der Waals surface area contributed by atoms with Gasteiger partial charge in [0.25, 0.3) is 0 Å². The van der Waals surface area contributed by atoms with Gasteiger partial charge in [0, 0.05) is 0 Å². The summed E-state index contributed by atoms with van der Waals surface area (Å²) in [5, 5.41) is 0. The van der Waals surface area contributed by atoms with Gasteiger partial charge >= 0.3 is 6.18 Å². The second-order valence-electron chi connectivity index (χ2n) is 3.78. The molecule has 0 aliphatic carbocycles. The highest BCUT2D eigenvalue weighted by Gasteiger charge is 2.32. The van der Waals surface area contributed by atoms with Crippen LogP contribution in [-0.2, 0) is 15.8 Å². The number of Topliss-reactive ketones (excluding diaryl/α,β-unsaturated/α-hetero) is 2. The first-order valence-corrected chi connectivity index (χ1v) is 4.91. The summed E-state index contributed by atoms with van der Waals surface area (Å²) < 4.78 is 37.4. The van der Waals surface area contributed by atoms with E-state index < -0.39 is 29.2 Å². The molecule has 0 aliphatic rings. The lowest BCUT2D eigenvalue weighted by Crippen LogP contribution is -2.18. The summed E-state index contributed by atoms with van der Waals surface area (Å²) in [4.78, 5) is 22.5. The molecule has 0 amide bonds. The smallest absolute Gasteiger partial charge is 0.299 e. The number of halogens is 3. The molecule has 1 rings (SSSR count). The molecule has 0 saturated heterocycles.